The molecule has 0 aliphatic carbocycles. The van der Waals surface area contributed by atoms with Crippen LogP contribution in [0.3, 0.4) is 0 Å². The van der Waals surface area contributed by atoms with Crippen molar-refractivity contribution in [3.05, 3.63) is 87.1 Å². The maximum absolute atomic E-state index is 6.18. The molecule has 3 rings (SSSR count). The molecule has 0 radical (unpaired) electrons. The third kappa shape index (κ3) is 2.58. The topological polar surface area (TPSA) is 26.0 Å². The van der Waals surface area contributed by atoms with E-state index in [1.807, 2.05) is 24.3 Å². The second kappa shape index (κ2) is 5.70. The van der Waals surface area contributed by atoms with Gasteiger partial charge in [-0.05, 0) is 40.8 Å². The van der Waals surface area contributed by atoms with Crippen molar-refractivity contribution >= 4 is 28.6 Å². The SMILES string of the molecule is Nc1ccc(Cl)cc1C(c1ccccc1)c1cccs1. The van der Waals surface area contributed by atoms with E-state index in [4.69, 9.17) is 17.3 Å². The number of hydrogen-bond donors (Lipinski definition) is 1. The van der Waals surface area contributed by atoms with Gasteiger partial charge in [-0.2, -0.15) is 0 Å². The molecule has 2 aromatic carbocycles. The van der Waals surface area contributed by atoms with Gasteiger partial charge in [-0.3, -0.25) is 0 Å². The van der Waals surface area contributed by atoms with Gasteiger partial charge in [-0.25, -0.2) is 0 Å². The van der Waals surface area contributed by atoms with Crippen molar-refractivity contribution in [3.8, 4) is 0 Å². The molecule has 0 bridgehead atoms. The van der Waals surface area contributed by atoms with Crippen LogP contribution in [0, 0.1) is 0 Å². The molecule has 0 aliphatic heterocycles. The van der Waals surface area contributed by atoms with E-state index in [2.05, 4.69) is 41.8 Å². The molecule has 2 N–H and O–H groups in total. The van der Waals surface area contributed by atoms with Crippen LogP contribution in [0.1, 0.15) is 21.9 Å². The zero-order valence-electron chi connectivity index (χ0n) is 10.8. The van der Waals surface area contributed by atoms with Gasteiger partial charge >= 0.3 is 0 Å². The van der Waals surface area contributed by atoms with Crippen LogP contribution in [-0.2, 0) is 0 Å². The molecular formula is C17H14ClNS. The van der Waals surface area contributed by atoms with E-state index in [-0.39, 0.29) is 5.92 Å². The fourth-order valence-electron chi connectivity index (χ4n) is 2.39. The molecule has 3 heteroatoms. The van der Waals surface area contributed by atoms with Crippen LogP contribution in [0.5, 0.6) is 0 Å². The lowest BCUT2D eigenvalue weighted by molar-refractivity contribution is 1.01. The van der Waals surface area contributed by atoms with Gasteiger partial charge in [-0.1, -0.05) is 48.0 Å². The molecule has 0 spiro atoms. The van der Waals surface area contributed by atoms with Crippen molar-refractivity contribution in [1.29, 1.82) is 0 Å². The highest BCUT2D eigenvalue weighted by Crippen LogP contribution is 2.38. The predicted octanol–water partition coefficient (Wildman–Crippen LogP) is 5.16. The third-order valence-corrected chi connectivity index (χ3v) is 4.49. The van der Waals surface area contributed by atoms with Gasteiger partial charge in [0.2, 0.25) is 0 Å². The molecule has 0 saturated carbocycles. The zero-order chi connectivity index (χ0) is 13.9. The van der Waals surface area contributed by atoms with Crippen molar-refractivity contribution < 1.29 is 0 Å². The van der Waals surface area contributed by atoms with Crippen LogP contribution in [-0.4, -0.2) is 0 Å². The first-order valence-corrected chi connectivity index (χ1v) is 7.65. The summed E-state index contributed by atoms with van der Waals surface area (Å²) < 4.78 is 0. The van der Waals surface area contributed by atoms with E-state index in [9.17, 15) is 0 Å². The first kappa shape index (κ1) is 13.2. The Morgan fingerprint density at radius 3 is 2.45 bits per heavy atom. The number of anilines is 1. The Morgan fingerprint density at radius 2 is 1.75 bits per heavy atom. The van der Waals surface area contributed by atoms with Gasteiger partial charge in [0.1, 0.15) is 0 Å². The summed E-state index contributed by atoms with van der Waals surface area (Å²) in [5.41, 5.74) is 9.24. The maximum atomic E-state index is 6.18. The molecule has 1 unspecified atom stereocenters. The first-order valence-electron chi connectivity index (χ1n) is 6.39. The smallest absolute Gasteiger partial charge is 0.0454 e. The Hall–Kier alpha value is -1.77. The van der Waals surface area contributed by atoms with Crippen LogP contribution in [0.4, 0.5) is 5.69 Å². The Balaban J connectivity index is 2.18. The number of halogens is 1. The maximum Gasteiger partial charge on any atom is 0.0454 e. The summed E-state index contributed by atoms with van der Waals surface area (Å²) in [6.07, 6.45) is 0. The van der Waals surface area contributed by atoms with Crippen LogP contribution < -0.4 is 5.73 Å². The van der Waals surface area contributed by atoms with Crippen LogP contribution in [0.15, 0.2) is 66.0 Å². The van der Waals surface area contributed by atoms with E-state index < -0.39 is 0 Å². The Labute approximate surface area is 127 Å². The standard InChI is InChI=1S/C17H14ClNS/c18-13-8-9-15(19)14(11-13)17(16-7-4-10-20-16)12-5-2-1-3-6-12/h1-11,17H,19H2. The molecule has 0 saturated heterocycles. The molecule has 0 aliphatic rings. The Morgan fingerprint density at radius 1 is 0.950 bits per heavy atom. The average molecular weight is 300 g/mol. The van der Waals surface area contributed by atoms with Crippen molar-refractivity contribution in [1.82, 2.24) is 0 Å². The molecule has 1 nitrogen and oxygen atoms in total. The second-order valence-electron chi connectivity index (χ2n) is 4.63. The summed E-state index contributed by atoms with van der Waals surface area (Å²) in [7, 11) is 0. The minimum Gasteiger partial charge on any atom is -0.398 e. The van der Waals surface area contributed by atoms with E-state index in [1.54, 1.807) is 11.3 Å². The third-order valence-electron chi connectivity index (χ3n) is 3.32. The molecular weight excluding hydrogens is 286 g/mol. The largest absolute Gasteiger partial charge is 0.398 e. The molecule has 1 aromatic heterocycles. The molecule has 1 heterocycles. The average Bonchev–Trinajstić information content (AvgIpc) is 2.98. The molecule has 1 atom stereocenters. The first-order chi connectivity index (χ1) is 9.75. The minimum atomic E-state index is 0.134. The Bertz CT molecular complexity index is 692. The van der Waals surface area contributed by atoms with Gasteiger partial charge in [0.25, 0.3) is 0 Å². The number of benzene rings is 2. The summed E-state index contributed by atoms with van der Waals surface area (Å²) in [4.78, 5) is 1.27. The van der Waals surface area contributed by atoms with Crippen molar-refractivity contribution in [2.24, 2.45) is 0 Å². The highest BCUT2D eigenvalue weighted by molar-refractivity contribution is 7.10. The number of thiophene rings is 1. The van der Waals surface area contributed by atoms with E-state index in [0.29, 0.717) is 5.02 Å². The lowest BCUT2D eigenvalue weighted by Gasteiger charge is -2.19. The molecule has 0 fully saturated rings. The van der Waals surface area contributed by atoms with Crippen LogP contribution >= 0.6 is 22.9 Å². The summed E-state index contributed by atoms with van der Waals surface area (Å²) >= 11 is 7.89. The van der Waals surface area contributed by atoms with E-state index in [1.165, 1.54) is 10.4 Å². The number of hydrogen-bond acceptors (Lipinski definition) is 2. The lowest BCUT2D eigenvalue weighted by Crippen LogP contribution is -2.05. The fraction of sp³-hybridized carbons (Fsp3) is 0.0588. The van der Waals surface area contributed by atoms with Crippen LogP contribution in [0.2, 0.25) is 5.02 Å². The minimum absolute atomic E-state index is 0.134. The van der Waals surface area contributed by atoms with Gasteiger partial charge in [0, 0.05) is 21.5 Å². The molecule has 20 heavy (non-hydrogen) atoms. The zero-order valence-corrected chi connectivity index (χ0v) is 12.4. The molecule has 3 aromatic rings. The predicted molar refractivity (Wildman–Crippen MR) is 87.6 cm³/mol. The summed E-state index contributed by atoms with van der Waals surface area (Å²) in [5, 5.41) is 2.80. The number of nitrogen functional groups attached to an aromatic ring is 1. The highest BCUT2D eigenvalue weighted by atomic mass is 35.5. The fourth-order valence-corrected chi connectivity index (χ4v) is 3.44. The van der Waals surface area contributed by atoms with Crippen molar-refractivity contribution in [3.63, 3.8) is 0 Å². The summed E-state index contributed by atoms with van der Waals surface area (Å²) in [6, 6.07) is 20.3. The quantitative estimate of drug-likeness (QED) is 0.664. The second-order valence-corrected chi connectivity index (χ2v) is 6.05. The summed E-state index contributed by atoms with van der Waals surface area (Å²) in [5.74, 6) is 0.134. The highest BCUT2D eigenvalue weighted by Gasteiger charge is 2.20. The molecule has 0 amide bonds. The van der Waals surface area contributed by atoms with Gasteiger partial charge in [0.15, 0.2) is 0 Å². The van der Waals surface area contributed by atoms with Crippen molar-refractivity contribution in [2.45, 2.75) is 5.92 Å². The number of nitrogens with two attached hydrogens (primary N) is 1. The van der Waals surface area contributed by atoms with E-state index in [0.717, 1.165) is 11.3 Å². The van der Waals surface area contributed by atoms with Gasteiger partial charge < -0.3 is 5.73 Å². The van der Waals surface area contributed by atoms with Crippen LogP contribution in [0.25, 0.3) is 0 Å². The van der Waals surface area contributed by atoms with Gasteiger partial charge in [0.05, 0.1) is 0 Å². The molecule has 100 valence electrons. The lowest BCUT2D eigenvalue weighted by atomic mass is 9.89. The number of rotatable bonds is 3. The Kier molecular flexibility index (Phi) is 3.77. The van der Waals surface area contributed by atoms with E-state index >= 15 is 0 Å². The summed E-state index contributed by atoms with van der Waals surface area (Å²) in [6.45, 7) is 0. The van der Waals surface area contributed by atoms with Crippen molar-refractivity contribution in [2.75, 3.05) is 5.73 Å². The monoisotopic (exact) mass is 299 g/mol. The normalized spacial score (nSPS) is 12.2. The van der Waals surface area contributed by atoms with Gasteiger partial charge in [-0.15, -0.1) is 11.3 Å².